The minimum absolute atomic E-state index is 0.0509. The molecule has 6 rings (SSSR count). The summed E-state index contributed by atoms with van der Waals surface area (Å²) in [5.41, 5.74) is 4.73. The highest BCUT2D eigenvalue weighted by molar-refractivity contribution is 6.31. The Morgan fingerprint density at radius 3 is 1.35 bits per heavy atom. The molecule has 10 nitrogen and oxygen atoms in total. The van der Waals surface area contributed by atoms with Crippen LogP contribution in [-0.2, 0) is 44.9 Å². The molecule has 0 saturated heterocycles. The summed E-state index contributed by atoms with van der Waals surface area (Å²) in [6, 6.07) is 31.7. The Balaban J connectivity index is 0.000000254. The van der Waals surface area contributed by atoms with Gasteiger partial charge in [0.15, 0.2) is 0 Å². The Bertz CT molecular complexity index is 2240. The van der Waals surface area contributed by atoms with Crippen LogP contribution in [-0.4, -0.2) is 97.9 Å². The van der Waals surface area contributed by atoms with Gasteiger partial charge in [0.2, 0.25) is 23.6 Å². The molecule has 0 aromatic heterocycles. The van der Waals surface area contributed by atoms with Gasteiger partial charge in [-0.1, -0.05) is 101 Å². The predicted octanol–water partition coefficient (Wildman–Crippen LogP) is 10.1. The summed E-state index contributed by atoms with van der Waals surface area (Å²) < 4.78 is 0. The zero-order valence-corrected chi connectivity index (χ0v) is 43.2. The molecule has 2 saturated carbocycles. The highest BCUT2D eigenvalue weighted by Crippen LogP contribution is 2.37. The Kier molecular flexibility index (Phi) is 22.0. The van der Waals surface area contributed by atoms with Crippen LogP contribution in [0, 0.1) is 0 Å². The molecule has 68 heavy (non-hydrogen) atoms. The van der Waals surface area contributed by atoms with E-state index in [1.165, 1.54) is 11.1 Å². The van der Waals surface area contributed by atoms with E-state index in [0.717, 1.165) is 91.8 Å². The van der Waals surface area contributed by atoms with Crippen LogP contribution < -0.4 is 21.3 Å². The van der Waals surface area contributed by atoms with Crippen molar-refractivity contribution in [3.8, 4) is 0 Å². The van der Waals surface area contributed by atoms with Crippen molar-refractivity contribution < 1.29 is 19.2 Å². The van der Waals surface area contributed by atoms with E-state index in [0.29, 0.717) is 29.6 Å². The first-order valence-corrected chi connectivity index (χ1v) is 25.5. The molecule has 2 fully saturated rings. The Morgan fingerprint density at radius 2 is 0.926 bits per heavy atom. The Hall–Kier alpha value is -4.16. The number of carbonyl (C=O) groups excluding carboxylic acids is 4. The molecule has 0 aliphatic heterocycles. The van der Waals surface area contributed by atoms with Crippen molar-refractivity contribution in [3.05, 3.63) is 139 Å². The predicted molar refractivity (Wildman–Crippen MR) is 279 cm³/mol. The van der Waals surface area contributed by atoms with Crippen molar-refractivity contribution in [2.75, 3.05) is 41.3 Å². The summed E-state index contributed by atoms with van der Waals surface area (Å²) in [4.78, 5) is 53.8. The third-order valence-corrected chi connectivity index (χ3v) is 14.9. The normalized spacial score (nSPS) is 20.2. The molecule has 0 bridgehead atoms. The van der Waals surface area contributed by atoms with Crippen molar-refractivity contribution in [1.82, 2.24) is 31.1 Å². The summed E-state index contributed by atoms with van der Waals surface area (Å²) >= 11 is 24.4. The number of likely N-dealkylation sites (N-methyl/N-ethyl adjacent to an activating group) is 2. The number of nitrogens with one attached hydrogen (secondary N) is 4. The number of hydrogen-bond donors (Lipinski definition) is 4. The summed E-state index contributed by atoms with van der Waals surface area (Å²) in [7, 11) is 8.53. The van der Waals surface area contributed by atoms with Gasteiger partial charge >= 0.3 is 0 Å². The standard InChI is InChI=1S/2C27H35Cl2N3O2/c1-32(2)27(19-20-6-5-8-22(28)18-20)15-12-23(13-16-27)31-26(34)11-10-25(33)30-17-14-21-7-3-4-9-24(21)29;1-32(2)27(19-21-4-3-5-23(29)18-21)15-12-24(13-16-27)31-26(34)11-10-25(33)30-17-14-20-6-8-22(28)9-7-20/h3-9,18,23H,10-17,19H2,1-2H3,(H,30,33)(H,31,34);3-9,18,24H,10-17,19H2,1-2H3,(H,30,33)(H,31,34). The highest BCUT2D eigenvalue weighted by atomic mass is 35.5. The molecular formula is C54H70Cl4N6O4. The molecule has 2 aliphatic carbocycles. The van der Waals surface area contributed by atoms with E-state index in [1.807, 2.05) is 84.9 Å². The number of carbonyl (C=O) groups is 4. The molecule has 0 unspecified atom stereocenters. The first kappa shape index (κ1) is 54.8. The molecule has 0 radical (unpaired) electrons. The molecule has 0 heterocycles. The largest absolute Gasteiger partial charge is 0.356 e. The van der Waals surface area contributed by atoms with E-state index in [2.05, 4.69) is 71.4 Å². The number of hydrogen-bond acceptors (Lipinski definition) is 6. The minimum atomic E-state index is -0.112. The number of rotatable bonds is 20. The maximum Gasteiger partial charge on any atom is 0.220 e. The first-order valence-electron chi connectivity index (χ1n) is 24.0. The number of benzene rings is 4. The lowest BCUT2D eigenvalue weighted by atomic mass is 9.75. The monoisotopic (exact) mass is 1010 g/mol. The van der Waals surface area contributed by atoms with Crippen LogP contribution in [0.3, 0.4) is 0 Å². The van der Waals surface area contributed by atoms with Gasteiger partial charge in [-0.3, -0.25) is 19.2 Å². The number of amides is 4. The van der Waals surface area contributed by atoms with Gasteiger partial charge in [0.05, 0.1) is 0 Å². The summed E-state index contributed by atoms with van der Waals surface area (Å²) in [6.45, 7) is 1.05. The smallest absolute Gasteiger partial charge is 0.220 e. The van der Waals surface area contributed by atoms with Crippen molar-refractivity contribution in [2.24, 2.45) is 0 Å². The fourth-order valence-electron chi connectivity index (χ4n) is 9.48. The zero-order chi connectivity index (χ0) is 49.1. The van der Waals surface area contributed by atoms with Crippen LogP contribution in [0.5, 0.6) is 0 Å². The van der Waals surface area contributed by atoms with E-state index < -0.39 is 0 Å². The van der Waals surface area contributed by atoms with Gasteiger partial charge in [0, 0.05) is 82.0 Å². The van der Waals surface area contributed by atoms with E-state index in [9.17, 15) is 19.2 Å². The molecule has 0 atom stereocenters. The maximum absolute atomic E-state index is 12.4. The molecule has 0 spiro atoms. The van der Waals surface area contributed by atoms with Crippen LogP contribution in [0.1, 0.15) is 99.3 Å². The highest BCUT2D eigenvalue weighted by Gasteiger charge is 2.39. The first-order chi connectivity index (χ1) is 32.5. The van der Waals surface area contributed by atoms with Gasteiger partial charge in [-0.05, 0) is 170 Å². The van der Waals surface area contributed by atoms with E-state index in [1.54, 1.807) is 0 Å². The average Bonchev–Trinajstić information content (AvgIpc) is 3.30. The number of nitrogens with zero attached hydrogens (tertiary/aromatic N) is 2. The summed E-state index contributed by atoms with van der Waals surface area (Å²) in [5.74, 6) is -0.316. The van der Waals surface area contributed by atoms with E-state index in [-0.39, 0.29) is 72.5 Å². The van der Waals surface area contributed by atoms with Crippen LogP contribution in [0.2, 0.25) is 20.1 Å². The lowest BCUT2D eigenvalue weighted by Gasteiger charge is -2.45. The fraction of sp³-hybridized carbons (Fsp3) is 0.481. The van der Waals surface area contributed by atoms with Gasteiger partial charge in [0.25, 0.3) is 0 Å². The van der Waals surface area contributed by atoms with Gasteiger partial charge in [0.1, 0.15) is 0 Å². The number of halogens is 4. The van der Waals surface area contributed by atoms with Crippen molar-refractivity contribution in [3.63, 3.8) is 0 Å². The Labute approximate surface area is 424 Å². The average molecular weight is 1010 g/mol. The van der Waals surface area contributed by atoms with Gasteiger partial charge in [-0.15, -0.1) is 0 Å². The second kappa shape index (κ2) is 27.3. The lowest BCUT2D eigenvalue weighted by Crippen LogP contribution is -2.52. The Morgan fingerprint density at radius 1 is 0.500 bits per heavy atom. The zero-order valence-electron chi connectivity index (χ0n) is 40.2. The topological polar surface area (TPSA) is 123 Å². The van der Waals surface area contributed by atoms with E-state index in [4.69, 9.17) is 46.4 Å². The van der Waals surface area contributed by atoms with Crippen LogP contribution >= 0.6 is 46.4 Å². The minimum Gasteiger partial charge on any atom is -0.356 e. The molecule has 4 amide bonds. The van der Waals surface area contributed by atoms with Crippen molar-refractivity contribution in [2.45, 2.75) is 126 Å². The lowest BCUT2D eigenvalue weighted by molar-refractivity contribution is -0.127. The molecular weight excluding hydrogens is 938 g/mol. The van der Waals surface area contributed by atoms with Crippen LogP contribution in [0.4, 0.5) is 0 Å². The third kappa shape index (κ3) is 18.0. The van der Waals surface area contributed by atoms with Gasteiger partial charge < -0.3 is 31.1 Å². The maximum atomic E-state index is 12.4. The molecule has 368 valence electrons. The quantitative estimate of drug-likeness (QED) is 0.0700. The molecule has 4 aromatic carbocycles. The molecule has 4 N–H and O–H groups in total. The van der Waals surface area contributed by atoms with Gasteiger partial charge in [-0.2, -0.15) is 0 Å². The SMILES string of the molecule is CN(C)C1(Cc2cccc(Cl)c2)CCC(NC(=O)CCC(=O)NCCc2ccc(Cl)cc2)CC1.CN(C)C1(Cc2cccc(Cl)c2)CCC(NC(=O)CCC(=O)NCCc2ccccc2Cl)CC1. The fourth-order valence-corrected chi connectivity index (χ4v) is 10.3. The van der Waals surface area contributed by atoms with Gasteiger partial charge in [-0.25, -0.2) is 0 Å². The van der Waals surface area contributed by atoms with Crippen molar-refractivity contribution >= 4 is 70.0 Å². The second-order valence-electron chi connectivity index (χ2n) is 19.0. The second-order valence-corrected chi connectivity index (χ2v) is 20.7. The third-order valence-electron chi connectivity index (χ3n) is 13.8. The summed E-state index contributed by atoms with van der Waals surface area (Å²) in [5, 5.41) is 15.0. The summed E-state index contributed by atoms with van der Waals surface area (Å²) in [6.07, 6.45) is 11.8. The molecule has 14 heteroatoms. The molecule has 4 aromatic rings. The van der Waals surface area contributed by atoms with Crippen LogP contribution in [0.25, 0.3) is 0 Å². The van der Waals surface area contributed by atoms with Crippen molar-refractivity contribution in [1.29, 1.82) is 0 Å². The van der Waals surface area contributed by atoms with E-state index >= 15 is 0 Å². The van der Waals surface area contributed by atoms with Crippen LogP contribution in [0.15, 0.2) is 97.1 Å². The molecule has 2 aliphatic rings.